The highest BCUT2D eigenvalue weighted by Crippen LogP contribution is 2.36. The highest BCUT2D eigenvalue weighted by Gasteiger charge is 2.39. The summed E-state index contributed by atoms with van der Waals surface area (Å²) in [4.78, 5) is 26.2. The van der Waals surface area contributed by atoms with E-state index >= 15 is 0 Å². The fourth-order valence-electron chi connectivity index (χ4n) is 3.60. The number of rotatable bonds is 7. The Morgan fingerprint density at radius 3 is 1.59 bits per heavy atom. The minimum Gasteiger partial charge on any atom is -0.298 e. The van der Waals surface area contributed by atoms with Crippen LogP contribution in [-0.4, -0.2) is 11.6 Å². The van der Waals surface area contributed by atoms with Crippen molar-refractivity contribution < 1.29 is 9.59 Å². The second-order valence-electron chi connectivity index (χ2n) is 7.12. The van der Waals surface area contributed by atoms with Gasteiger partial charge in [-0.3, -0.25) is 9.59 Å². The molecule has 0 saturated heterocycles. The molecule has 0 fully saturated rings. The quantitative estimate of drug-likeness (QED) is 0.526. The van der Waals surface area contributed by atoms with Crippen molar-refractivity contribution in [3.63, 3.8) is 0 Å². The average molecular weight is 356 g/mol. The normalized spacial score (nSPS) is 12.4. The van der Waals surface area contributed by atoms with Gasteiger partial charge < -0.3 is 0 Å². The van der Waals surface area contributed by atoms with Gasteiger partial charge in [0.25, 0.3) is 0 Å². The Balaban J connectivity index is 1.93. The van der Waals surface area contributed by atoms with Gasteiger partial charge in [-0.1, -0.05) is 97.9 Å². The summed E-state index contributed by atoms with van der Waals surface area (Å²) in [5, 5.41) is 0. The molecule has 2 heteroatoms. The molecule has 0 aliphatic heterocycles. The zero-order chi connectivity index (χ0) is 19.3. The van der Waals surface area contributed by atoms with Gasteiger partial charge in [0.1, 0.15) is 0 Å². The third-order valence-electron chi connectivity index (χ3n) is 5.23. The molecule has 27 heavy (non-hydrogen) atoms. The molecule has 0 N–H and O–H groups in total. The summed E-state index contributed by atoms with van der Waals surface area (Å²) in [6, 6.07) is 28.8. The van der Waals surface area contributed by atoms with Crippen LogP contribution in [0, 0.1) is 5.92 Å². The lowest BCUT2D eigenvalue weighted by Gasteiger charge is -2.32. The molecular formula is C25H24O2. The van der Waals surface area contributed by atoms with Crippen molar-refractivity contribution in [3.8, 4) is 0 Å². The van der Waals surface area contributed by atoms with Crippen LogP contribution in [0.4, 0.5) is 0 Å². The van der Waals surface area contributed by atoms with Crippen molar-refractivity contribution in [2.75, 3.05) is 0 Å². The second-order valence-corrected chi connectivity index (χ2v) is 7.12. The van der Waals surface area contributed by atoms with E-state index in [2.05, 4.69) is 0 Å². The van der Waals surface area contributed by atoms with E-state index in [1.165, 1.54) is 0 Å². The molecule has 136 valence electrons. The smallest absolute Gasteiger partial charge is 0.163 e. The summed E-state index contributed by atoms with van der Waals surface area (Å²) in [7, 11) is 0. The van der Waals surface area contributed by atoms with Gasteiger partial charge in [-0.2, -0.15) is 0 Å². The Morgan fingerprint density at radius 1 is 0.741 bits per heavy atom. The number of ketones is 2. The second kappa shape index (κ2) is 8.13. The van der Waals surface area contributed by atoms with Crippen molar-refractivity contribution >= 4 is 11.6 Å². The van der Waals surface area contributed by atoms with Crippen molar-refractivity contribution in [2.24, 2.45) is 5.92 Å². The predicted octanol–water partition coefficient (Wildman–Crippen LogP) is 5.47. The van der Waals surface area contributed by atoms with Gasteiger partial charge >= 0.3 is 0 Å². The van der Waals surface area contributed by atoms with E-state index in [0.717, 1.165) is 11.1 Å². The fourth-order valence-corrected chi connectivity index (χ4v) is 3.60. The maximum Gasteiger partial charge on any atom is 0.163 e. The number of carbonyl (C=O) groups is 2. The van der Waals surface area contributed by atoms with E-state index in [9.17, 15) is 9.59 Å². The van der Waals surface area contributed by atoms with E-state index in [4.69, 9.17) is 0 Å². The Hall–Kier alpha value is -3.00. The molecule has 0 saturated carbocycles. The van der Waals surface area contributed by atoms with Gasteiger partial charge in [-0.05, 0) is 18.1 Å². The van der Waals surface area contributed by atoms with Gasteiger partial charge in [0.15, 0.2) is 11.6 Å². The molecule has 3 aromatic rings. The predicted molar refractivity (Wildman–Crippen MR) is 109 cm³/mol. The SMILES string of the molecule is CC(CC(=O)c1ccccc1)C(=O)C(C)(c1ccccc1)c1ccccc1. The van der Waals surface area contributed by atoms with E-state index < -0.39 is 5.41 Å². The topological polar surface area (TPSA) is 34.1 Å². The van der Waals surface area contributed by atoms with E-state index in [1.807, 2.05) is 92.7 Å². The summed E-state index contributed by atoms with van der Waals surface area (Å²) >= 11 is 0. The van der Waals surface area contributed by atoms with Crippen molar-refractivity contribution in [1.29, 1.82) is 0 Å². The number of hydrogen-bond acceptors (Lipinski definition) is 2. The molecule has 0 spiro atoms. The summed E-state index contributed by atoms with van der Waals surface area (Å²) in [6.07, 6.45) is 0.206. The molecule has 0 radical (unpaired) electrons. The monoisotopic (exact) mass is 356 g/mol. The third-order valence-corrected chi connectivity index (χ3v) is 5.23. The minimum atomic E-state index is -0.793. The fraction of sp³-hybridized carbons (Fsp3) is 0.200. The van der Waals surface area contributed by atoms with Crippen LogP contribution < -0.4 is 0 Å². The molecule has 0 aliphatic rings. The van der Waals surface area contributed by atoms with Crippen LogP contribution in [0.25, 0.3) is 0 Å². The van der Waals surface area contributed by atoms with Crippen LogP contribution in [0.5, 0.6) is 0 Å². The summed E-state index contributed by atoms with van der Waals surface area (Å²) in [5.41, 5.74) is 1.75. The highest BCUT2D eigenvalue weighted by molar-refractivity contribution is 6.01. The number of benzene rings is 3. The van der Waals surface area contributed by atoms with Gasteiger partial charge in [-0.15, -0.1) is 0 Å². The Kier molecular flexibility index (Phi) is 5.66. The van der Waals surface area contributed by atoms with Gasteiger partial charge in [0, 0.05) is 17.9 Å². The molecule has 3 aromatic carbocycles. The average Bonchev–Trinajstić information content (AvgIpc) is 2.74. The first kappa shape index (κ1) is 18.8. The molecule has 0 aromatic heterocycles. The van der Waals surface area contributed by atoms with Crippen LogP contribution in [0.2, 0.25) is 0 Å². The molecule has 0 heterocycles. The van der Waals surface area contributed by atoms with Crippen LogP contribution in [0.15, 0.2) is 91.0 Å². The van der Waals surface area contributed by atoms with Crippen LogP contribution in [0.1, 0.15) is 41.8 Å². The van der Waals surface area contributed by atoms with Crippen molar-refractivity contribution in [3.05, 3.63) is 108 Å². The largest absolute Gasteiger partial charge is 0.298 e. The van der Waals surface area contributed by atoms with Crippen LogP contribution in [-0.2, 0) is 10.2 Å². The minimum absolute atomic E-state index is 0.0000710. The highest BCUT2D eigenvalue weighted by atomic mass is 16.1. The lowest BCUT2D eigenvalue weighted by atomic mass is 9.69. The summed E-state index contributed by atoms with van der Waals surface area (Å²) < 4.78 is 0. The molecule has 1 atom stereocenters. The molecule has 1 unspecified atom stereocenters. The van der Waals surface area contributed by atoms with Gasteiger partial charge in [0.05, 0.1) is 5.41 Å². The summed E-state index contributed by atoms with van der Waals surface area (Å²) in [5.74, 6) is -0.327. The van der Waals surface area contributed by atoms with E-state index in [-0.39, 0.29) is 23.9 Å². The van der Waals surface area contributed by atoms with Crippen molar-refractivity contribution in [2.45, 2.75) is 25.7 Å². The van der Waals surface area contributed by atoms with Gasteiger partial charge in [0.2, 0.25) is 0 Å². The summed E-state index contributed by atoms with van der Waals surface area (Å²) in [6.45, 7) is 3.82. The lowest BCUT2D eigenvalue weighted by molar-refractivity contribution is -0.126. The Morgan fingerprint density at radius 2 is 1.15 bits per heavy atom. The first-order chi connectivity index (χ1) is 13.0. The molecule has 3 rings (SSSR count). The van der Waals surface area contributed by atoms with E-state index in [0.29, 0.717) is 5.56 Å². The first-order valence-corrected chi connectivity index (χ1v) is 9.27. The molecule has 0 aliphatic carbocycles. The Labute approximate surface area is 160 Å². The number of carbonyl (C=O) groups excluding carboxylic acids is 2. The maximum atomic E-state index is 13.6. The van der Waals surface area contributed by atoms with Crippen molar-refractivity contribution in [1.82, 2.24) is 0 Å². The molecule has 0 bridgehead atoms. The molecular weight excluding hydrogens is 332 g/mol. The Bertz CT molecular complexity index is 859. The zero-order valence-corrected chi connectivity index (χ0v) is 15.8. The maximum absolute atomic E-state index is 13.6. The van der Waals surface area contributed by atoms with E-state index in [1.54, 1.807) is 12.1 Å². The van der Waals surface area contributed by atoms with Crippen LogP contribution >= 0.6 is 0 Å². The lowest BCUT2D eigenvalue weighted by Crippen LogP contribution is -2.38. The zero-order valence-electron chi connectivity index (χ0n) is 15.8. The number of Topliss-reactive ketones (excluding diaryl/α,β-unsaturated/α-hetero) is 2. The first-order valence-electron chi connectivity index (χ1n) is 9.27. The molecule has 0 amide bonds. The van der Waals surface area contributed by atoms with Crippen LogP contribution in [0.3, 0.4) is 0 Å². The molecule has 2 nitrogen and oxygen atoms in total. The third kappa shape index (κ3) is 3.90. The number of hydrogen-bond donors (Lipinski definition) is 0. The van der Waals surface area contributed by atoms with Gasteiger partial charge in [-0.25, -0.2) is 0 Å². The standard InChI is InChI=1S/C25H24O2/c1-19(18-23(26)20-12-6-3-7-13-20)24(27)25(2,21-14-8-4-9-15-21)22-16-10-5-11-17-22/h3-17,19H,18H2,1-2H3.